The lowest BCUT2D eigenvalue weighted by atomic mass is 10.2. The van der Waals surface area contributed by atoms with Crippen molar-refractivity contribution in [1.82, 2.24) is 0 Å². The summed E-state index contributed by atoms with van der Waals surface area (Å²) in [5.41, 5.74) is 0. The predicted octanol–water partition coefficient (Wildman–Crippen LogP) is 2.51. The first-order valence-corrected chi connectivity index (χ1v) is 9.39. The van der Waals surface area contributed by atoms with Gasteiger partial charge in [-0.2, -0.15) is 0 Å². The van der Waals surface area contributed by atoms with E-state index in [2.05, 4.69) is 19.6 Å². The van der Waals surface area contributed by atoms with Crippen LogP contribution in [0.1, 0.15) is 25.7 Å². The maximum atomic E-state index is 11.2. The molecule has 0 saturated carbocycles. The molecule has 0 spiro atoms. The highest BCUT2D eigenvalue weighted by atomic mass is 28.3. The normalized spacial score (nSPS) is 11.2. The van der Waals surface area contributed by atoms with E-state index in [0.29, 0.717) is 25.9 Å². The second-order valence-corrected chi connectivity index (χ2v) is 10.8. The van der Waals surface area contributed by atoms with Crippen LogP contribution in [0.5, 0.6) is 0 Å². The third-order valence-corrected chi connectivity index (χ3v) is 3.84. The molecule has 0 saturated heterocycles. The summed E-state index contributed by atoms with van der Waals surface area (Å²) in [6.07, 6.45) is 1.59. The number of unbranched alkanes of at least 4 members (excludes halogenated alkanes) is 1. The number of hydrogen-bond acceptors (Lipinski definition) is 3. The van der Waals surface area contributed by atoms with Crippen LogP contribution in [0.25, 0.3) is 0 Å². The Morgan fingerprint density at radius 1 is 1.12 bits per heavy atom. The number of carboxylic acid groups (broad SMARTS) is 1. The first-order chi connectivity index (χ1) is 7.31. The van der Waals surface area contributed by atoms with E-state index in [1.165, 1.54) is 0 Å². The van der Waals surface area contributed by atoms with Gasteiger partial charge in [0.25, 0.3) is 0 Å². The van der Waals surface area contributed by atoms with E-state index in [4.69, 9.17) is 9.84 Å². The Bertz CT molecular complexity index is 233. The lowest BCUT2D eigenvalue weighted by molar-refractivity contribution is -0.143. The highest BCUT2D eigenvalue weighted by Gasteiger charge is 2.13. The lowest BCUT2D eigenvalue weighted by Crippen LogP contribution is -2.22. The van der Waals surface area contributed by atoms with Crippen LogP contribution in [-0.4, -0.2) is 31.7 Å². The van der Waals surface area contributed by atoms with Gasteiger partial charge in [-0.3, -0.25) is 9.59 Å². The molecule has 94 valence electrons. The van der Waals surface area contributed by atoms with Gasteiger partial charge in [0.1, 0.15) is 0 Å². The van der Waals surface area contributed by atoms with Gasteiger partial charge in [-0.25, -0.2) is 0 Å². The van der Waals surface area contributed by atoms with Gasteiger partial charge in [-0.1, -0.05) is 19.6 Å². The third-order valence-electron chi connectivity index (χ3n) is 2.14. The van der Waals surface area contributed by atoms with Crippen LogP contribution in [0.2, 0.25) is 25.7 Å². The Balaban J connectivity index is 3.42. The molecule has 0 aromatic rings. The largest absolute Gasteiger partial charge is 0.481 e. The van der Waals surface area contributed by atoms with Crippen LogP contribution in [0.3, 0.4) is 0 Å². The third kappa shape index (κ3) is 11.2. The number of carbonyl (C=O) groups excluding carboxylic acids is 1. The molecule has 0 rings (SSSR count). The maximum Gasteiger partial charge on any atom is 0.305 e. The van der Waals surface area contributed by atoms with E-state index in [1.807, 2.05) is 0 Å². The average Bonchev–Trinajstić information content (AvgIpc) is 2.10. The summed E-state index contributed by atoms with van der Waals surface area (Å²) in [4.78, 5) is 21.4. The van der Waals surface area contributed by atoms with Gasteiger partial charge in [0.15, 0.2) is 0 Å². The molecule has 0 aliphatic carbocycles. The molecule has 0 aliphatic rings. The standard InChI is InChI=1S/C11H22O4Si/c1-16(2,3)9-8-15-11(14)7-5-4-6-10(12)13/h4-9H2,1-3H3,(H,12,13). The average molecular weight is 246 g/mol. The Kier molecular flexibility index (Phi) is 7.04. The number of esters is 1. The molecular weight excluding hydrogens is 224 g/mol. The summed E-state index contributed by atoms with van der Waals surface area (Å²) in [6.45, 7) is 7.20. The monoisotopic (exact) mass is 246 g/mol. The SMILES string of the molecule is C[Si](C)(C)CCOC(=O)CCCCC(=O)O. The fraction of sp³-hybridized carbons (Fsp3) is 0.818. The number of rotatable bonds is 8. The van der Waals surface area contributed by atoms with E-state index in [1.54, 1.807) is 0 Å². The van der Waals surface area contributed by atoms with Gasteiger partial charge in [-0.05, 0) is 18.9 Å². The number of hydrogen-bond donors (Lipinski definition) is 1. The molecule has 0 heterocycles. The zero-order valence-electron chi connectivity index (χ0n) is 10.4. The van der Waals surface area contributed by atoms with Crippen LogP contribution in [0.4, 0.5) is 0 Å². The summed E-state index contributed by atoms with van der Waals surface area (Å²) in [6, 6.07) is 0.980. The molecule has 1 N–H and O–H groups in total. The Labute approximate surface area is 98.0 Å². The highest BCUT2D eigenvalue weighted by molar-refractivity contribution is 6.76. The molecule has 0 atom stereocenters. The zero-order valence-corrected chi connectivity index (χ0v) is 11.4. The van der Waals surface area contributed by atoms with Crippen LogP contribution in [-0.2, 0) is 14.3 Å². The summed E-state index contributed by atoms with van der Waals surface area (Å²) < 4.78 is 5.07. The van der Waals surface area contributed by atoms with Gasteiger partial charge >= 0.3 is 11.9 Å². The molecule has 0 aromatic carbocycles. The molecule has 16 heavy (non-hydrogen) atoms. The second-order valence-electron chi connectivity index (χ2n) is 5.13. The van der Waals surface area contributed by atoms with E-state index in [9.17, 15) is 9.59 Å². The van der Waals surface area contributed by atoms with Crippen LogP contribution >= 0.6 is 0 Å². The molecule has 0 aliphatic heterocycles. The molecule has 0 unspecified atom stereocenters. The molecular formula is C11H22O4Si. The second kappa shape index (κ2) is 7.43. The van der Waals surface area contributed by atoms with Crippen LogP contribution in [0, 0.1) is 0 Å². The van der Waals surface area contributed by atoms with Crippen molar-refractivity contribution in [3.63, 3.8) is 0 Å². The molecule has 0 aromatic heterocycles. The minimum Gasteiger partial charge on any atom is -0.481 e. The van der Waals surface area contributed by atoms with E-state index in [0.717, 1.165) is 6.04 Å². The van der Waals surface area contributed by atoms with Crippen molar-refractivity contribution in [3.05, 3.63) is 0 Å². The van der Waals surface area contributed by atoms with Gasteiger partial charge in [-0.15, -0.1) is 0 Å². The lowest BCUT2D eigenvalue weighted by Gasteiger charge is -2.15. The number of aliphatic carboxylic acids is 1. The van der Waals surface area contributed by atoms with Crippen molar-refractivity contribution < 1.29 is 19.4 Å². The van der Waals surface area contributed by atoms with E-state index < -0.39 is 14.0 Å². The van der Waals surface area contributed by atoms with Gasteiger partial charge < -0.3 is 9.84 Å². The minimum absolute atomic E-state index is 0.127. The Morgan fingerprint density at radius 3 is 2.19 bits per heavy atom. The number of carboxylic acids is 1. The first-order valence-electron chi connectivity index (χ1n) is 5.69. The van der Waals surface area contributed by atoms with E-state index in [-0.39, 0.29) is 12.4 Å². The molecule has 0 amide bonds. The fourth-order valence-corrected chi connectivity index (χ4v) is 1.80. The van der Waals surface area contributed by atoms with Gasteiger partial charge in [0.2, 0.25) is 0 Å². The van der Waals surface area contributed by atoms with Crippen LogP contribution in [0.15, 0.2) is 0 Å². The summed E-state index contributed by atoms with van der Waals surface area (Å²) in [5, 5.41) is 8.40. The molecule has 5 heteroatoms. The van der Waals surface area contributed by atoms with Crippen molar-refractivity contribution in [1.29, 1.82) is 0 Å². The first kappa shape index (κ1) is 15.2. The van der Waals surface area contributed by atoms with Gasteiger partial charge in [0, 0.05) is 20.9 Å². The zero-order chi connectivity index (χ0) is 12.6. The summed E-state index contributed by atoms with van der Waals surface area (Å²) >= 11 is 0. The fourth-order valence-electron chi connectivity index (χ4n) is 1.09. The summed E-state index contributed by atoms with van der Waals surface area (Å²) in [5.74, 6) is -1.02. The van der Waals surface area contributed by atoms with Crippen molar-refractivity contribution in [3.8, 4) is 0 Å². The molecule has 0 bridgehead atoms. The Hall–Kier alpha value is -0.843. The van der Waals surface area contributed by atoms with Crippen molar-refractivity contribution >= 4 is 20.0 Å². The van der Waals surface area contributed by atoms with Crippen LogP contribution < -0.4 is 0 Å². The van der Waals surface area contributed by atoms with Crippen molar-refractivity contribution in [2.45, 2.75) is 51.4 Å². The number of carbonyl (C=O) groups is 2. The van der Waals surface area contributed by atoms with Gasteiger partial charge in [0.05, 0.1) is 6.61 Å². The summed E-state index contributed by atoms with van der Waals surface area (Å²) in [7, 11) is -1.13. The van der Waals surface area contributed by atoms with E-state index >= 15 is 0 Å². The van der Waals surface area contributed by atoms with Crippen molar-refractivity contribution in [2.75, 3.05) is 6.61 Å². The highest BCUT2D eigenvalue weighted by Crippen LogP contribution is 2.08. The maximum absolute atomic E-state index is 11.2. The number of ether oxygens (including phenoxy) is 1. The topological polar surface area (TPSA) is 63.6 Å². The molecule has 4 nitrogen and oxygen atoms in total. The molecule has 0 radical (unpaired) electrons. The predicted molar refractivity (Wildman–Crippen MR) is 65.2 cm³/mol. The van der Waals surface area contributed by atoms with Crippen molar-refractivity contribution in [2.24, 2.45) is 0 Å². The Morgan fingerprint density at radius 2 is 1.69 bits per heavy atom. The smallest absolute Gasteiger partial charge is 0.305 e. The minimum atomic E-state index is -1.13. The quantitative estimate of drug-likeness (QED) is 0.406. The molecule has 0 fully saturated rings.